The van der Waals surface area contributed by atoms with Gasteiger partial charge >= 0.3 is 0 Å². The number of hydrogen-bond donors (Lipinski definition) is 2. The molecule has 1 aromatic heterocycles. The number of nitrogens with zero attached hydrogens (tertiary/aromatic N) is 1. The molecule has 0 saturated heterocycles. The number of carbonyl (C=O) groups excluding carboxylic acids is 2. The predicted octanol–water partition coefficient (Wildman–Crippen LogP) is 4.12. The fourth-order valence-corrected chi connectivity index (χ4v) is 2.88. The standard InChI is InChI=1S/C24H25N3O2/c1-3-27(2)17-21(19-12-8-5-9-13-19)23(28)20-14-22(25-16-20)24(29)26-15-18-10-6-4-7-11-18/h4-14,16-17,25H,3,15H2,1-2H3,(H,26,29)/b21-17+. The van der Waals surface area contributed by atoms with Gasteiger partial charge in [0.25, 0.3) is 5.91 Å². The quantitative estimate of drug-likeness (QED) is 0.451. The second-order valence-electron chi connectivity index (χ2n) is 6.78. The smallest absolute Gasteiger partial charge is 0.267 e. The van der Waals surface area contributed by atoms with Crippen LogP contribution in [0.4, 0.5) is 0 Å². The fourth-order valence-electron chi connectivity index (χ4n) is 2.88. The highest BCUT2D eigenvalue weighted by atomic mass is 16.2. The zero-order valence-electron chi connectivity index (χ0n) is 16.7. The van der Waals surface area contributed by atoms with Gasteiger partial charge in [-0.3, -0.25) is 9.59 Å². The molecule has 0 aliphatic rings. The summed E-state index contributed by atoms with van der Waals surface area (Å²) in [4.78, 5) is 30.5. The molecule has 1 heterocycles. The van der Waals surface area contributed by atoms with E-state index in [0.29, 0.717) is 23.4 Å². The van der Waals surface area contributed by atoms with Gasteiger partial charge in [-0.25, -0.2) is 0 Å². The number of aromatic nitrogens is 1. The van der Waals surface area contributed by atoms with E-state index in [9.17, 15) is 9.59 Å². The Morgan fingerprint density at radius 1 is 1.00 bits per heavy atom. The maximum atomic E-state index is 13.2. The number of H-pyrrole nitrogens is 1. The maximum Gasteiger partial charge on any atom is 0.267 e. The SMILES string of the molecule is CCN(C)/C=C(/C(=O)c1c[nH]c(C(=O)NCc2ccccc2)c1)c1ccccc1. The van der Waals surface area contributed by atoms with Crippen molar-refractivity contribution in [2.24, 2.45) is 0 Å². The molecule has 0 atom stereocenters. The van der Waals surface area contributed by atoms with Crippen LogP contribution in [0.5, 0.6) is 0 Å². The van der Waals surface area contributed by atoms with Crippen LogP contribution in [-0.2, 0) is 6.54 Å². The topological polar surface area (TPSA) is 65.2 Å². The highest BCUT2D eigenvalue weighted by Crippen LogP contribution is 2.21. The van der Waals surface area contributed by atoms with E-state index in [1.807, 2.05) is 85.7 Å². The summed E-state index contributed by atoms with van der Waals surface area (Å²) in [6.45, 7) is 3.23. The van der Waals surface area contributed by atoms with E-state index in [4.69, 9.17) is 0 Å². The van der Waals surface area contributed by atoms with E-state index in [2.05, 4.69) is 10.3 Å². The van der Waals surface area contributed by atoms with Gasteiger partial charge in [0.1, 0.15) is 5.69 Å². The lowest BCUT2D eigenvalue weighted by atomic mass is 9.99. The third kappa shape index (κ3) is 5.23. The molecule has 5 heteroatoms. The van der Waals surface area contributed by atoms with Gasteiger partial charge in [0.2, 0.25) is 0 Å². The van der Waals surface area contributed by atoms with Crippen molar-refractivity contribution in [1.82, 2.24) is 15.2 Å². The Hall–Kier alpha value is -3.60. The predicted molar refractivity (Wildman–Crippen MR) is 115 cm³/mol. The molecule has 2 aromatic carbocycles. The summed E-state index contributed by atoms with van der Waals surface area (Å²) in [5.74, 6) is -0.376. The van der Waals surface area contributed by atoms with Crippen LogP contribution in [0.1, 0.15) is 38.9 Å². The highest BCUT2D eigenvalue weighted by Gasteiger charge is 2.18. The molecular weight excluding hydrogens is 362 g/mol. The Labute approximate surface area is 171 Å². The summed E-state index contributed by atoms with van der Waals surface area (Å²) in [7, 11) is 1.93. The van der Waals surface area contributed by atoms with Crippen LogP contribution in [-0.4, -0.2) is 35.2 Å². The normalized spacial score (nSPS) is 11.2. The monoisotopic (exact) mass is 387 g/mol. The van der Waals surface area contributed by atoms with Crippen LogP contribution in [0.2, 0.25) is 0 Å². The molecule has 0 spiro atoms. The number of ketones is 1. The first-order valence-electron chi connectivity index (χ1n) is 9.61. The maximum absolute atomic E-state index is 13.2. The number of amides is 1. The van der Waals surface area contributed by atoms with Gasteiger partial charge in [-0.1, -0.05) is 60.7 Å². The number of carbonyl (C=O) groups is 2. The first-order chi connectivity index (χ1) is 14.1. The van der Waals surface area contributed by atoms with Gasteiger partial charge in [-0.05, 0) is 24.1 Å². The van der Waals surface area contributed by atoms with Crippen molar-refractivity contribution >= 4 is 17.3 Å². The van der Waals surface area contributed by atoms with Crippen LogP contribution in [0.25, 0.3) is 5.57 Å². The molecule has 0 unspecified atom stereocenters. The Bertz CT molecular complexity index is 991. The van der Waals surface area contributed by atoms with Crippen LogP contribution < -0.4 is 5.32 Å². The van der Waals surface area contributed by atoms with Crippen LogP contribution in [0, 0.1) is 0 Å². The molecule has 148 valence electrons. The largest absolute Gasteiger partial charge is 0.380 e. The summed E-state index contributed by atoms with van der Waals surface area (Å²) >= 11 is 0. The van der Waals surface area contributed by atoms with Crippen LogP contribution in [0.15, 0.2) is 79.1 Å². The summed E-state index contributed by atoms with van der Waals surface area (Å²) in [5.41, 5.74) is 3.26. The molecule has 0 fully saturated rings. The third-order valence-electron chi connectivity index (χ3n) is 4.66. The number of nitrogens with one attached hydrogen (secondary N) is 2. The summed E-state index contributed by atoms with van der Waals surface area (Å²) in [6, 6.07) is 20.8. The molecular formula is C24H25N3O2. The van der Waals surface area contributed by atoms with Crippen molar-refractivity contribution in [3.8, 4) is 0 Å². The molecule has 5 nitrogen and oxygen atoms in total. The minimum Gasteiger partial charge on any atom is -0.380 e. The average Bonchev–Trinajstić information content (AvgIpc) is 3.27. The van der Waals surface area contributed by atoms with E-state index in [1.54, 1.807) is 12.3 Å². The zero-order valence-corrected chi connectivity index (χ0v) is 16.7. The van der Waals surface area contributed by atoms with Crippen molar-refractivity contribution in [2.45, 2.75) is 13.5 Å². The molecule has 0 saturated carbocycles. The summed E-state index contributed by atoms with van der Waals surface area (Å²) in [5, 5.41) is 2.87. The molecule has 3 aromatic rings. The minimum absolute atomic E-state index is 0.130. The minimum atomic E-state index is -0.246. The van der Waals surface area contributed by atoms with E-state index < -0.39 is 0 Å². The van der Waals surface area contributed by atoms with Crippen LogP contribution in [0.3, 0.4) is 0 Å². The van der Waals surface area contributed by atoms with Crippen molar-refractivity contribution in [3.63, 3.8) is 0 Å². The Balaban J connectivity index is 1.77. The molecule has 0 bridgehead atoms. The Kier molecular flexibility index (Phi) is 6.63. The molecule has 0 aliphatic heterocycles. The molecule has 3 rings (SSSR count). The number of aromatic amines is 1. The fraction of sp³-hybridized carbons (Fsp3) is 0.167. The first-order valence-corrected chi connectivity index (χ1v) is 9.61. The molecule has 0 aliphatic carbocycles. The summed E-state index contributed by atoms with van der Waals surface area (Å²) in [6.07, 6.45) is 3.43. The number of Topliss-reactive ketones (excluding diaryl/α,β-unsaturated/α-hetero) is 1. The molecule has 0 radical (unpaired) electrons. The lowest BCUT2D eigenvalue weighted by Crippen LogP contribution is -2.23. The van der Waals surface area contributed by atoms with Gasteiger partial charge in [-0.2, -0.15) is 0 Å². The summed E-state index contributed by atoms with van der Waals surface area (Å²) < 4.78 is 0. The molecule has 29 heavy (non-hydrogen) atoms. The van der Waals surface area contributed by atoms with E-state index in [1.165, 1.54) is 0 Å². The second kappa shape index (κ2) is 9.55. The second-order valence-corrected chi connectivity index (χ2v) is 6.78. The Morgan fingerprint density at radius 2 is 1.66 bits per heavy atom. The van der Waals surface area contributed by atoms with E-state index >= 15 is 0 Å². The number of hydrogen-bond acceptors (Lipinski definition) is 3. The van der Waals surface area contributed by atoms with Gasteiger partial charge < -0.3 is 15.2 Å². The van der Waals surface area contributed by atoms with Gasteiger partial charge in [0.05, 0.1) is 0 Å². The van der Waals surface area contributed by atoms with Gasteiger partial charge in [-0.15, -0.1) is 0 Å². The number of rotatable bonds is 8. The lowest BCUT2D eigenvalue weighted by Gasteiger charge is -2.14. The first kappa shape index (κ1) is 20.1. The number of benzene rings is 2. The number of allylic oxidation sites excluding steroid dienone is 1. The van der Waals surface area contributed by atoms with Crippen molar-refractivity contribution in [1.29, 1.82) is 0 Å². The average molecular weight is 387 g/mol. The van der Waals surface area contributed by atoms with Gasteiger partial charge in [0, 0.05) is 43.7 Å². The Morgan fingerprint density at radius 3 is 2.31 bits per heavy atom. The highest BCUT2D eigenvalue weighted by molar-refractivity contribution is 6.29. The van der Waals surface area contributed by atoms with E-state index in [-0.39, 0.29) is 11.7 Å². The van der Waals surface area contributed by atoms with Crippen molar-refractivity contribution < 1.29 is 9.59 Å². The van der Waals surface area contributed by atoms with Crippen molar-refractivity contribution in [2.75, 3.05) is 13.6 Å². The van der Waals surface area contributed by atoms with E-state index in [0.717, 1.165) is 17.7 Å². The molecule has 1 amide bonds. The third-order valence-corrected chi connectivity index (χ3v) is 4.66. The van der Waals surface area contributed by atoms with Gasteiger partial charge in [0.15, 0.2) is 5.78 Å². The zero-order chi connectivity index (χ0) is 20.6. The molecule has 2 N–H and O–H groups in total. The lowest BCUT2D eigenvalue weighted by molar-refractivity contribution is 0.0946. The van der Waals surface area contributed by atoms with Crippen molar-refractivity contribution in [3.05, 3.63) is 102 Å². The van der Waals surface area contributed by atoms with Crippen LogP contribution >= 0.6 is 0 Å².